The maximum atomic E-state index is 6.07. The van der Waals surface area contributed by atoms with Crippen molar-refractivity contribution in [2.24, 2.45) is 0 Å². The van der Waals surface area contributed by atoms with Crippen LogP contribution in [-0.4, -0.2) is 43.4 Å². The van der Waals surface area contributed by atoms with Crippen molar-refractivity contribution in [1.82, 2.24) is 29.1 Å². The highest BCUT2D eigenvalue weighted by Crippen LogP contribution is 2.35. The lowest BCUT2D eigenvalue weighted by Gasteiger charge is -2.11. The Balaban J connectivity index is 1.40. The standard InChI is InChI=1S/C28H25ClN6O2S/c1-17-30-21-6-4-5-7-23(21)34(17)13-12-26-32-27-20-14-24(36-2)25(37-3)15-22(20)31-28(35(27)33-26)38-16-18-8-10-19(29)11-9-18/h4-11,14-15H,12-13,16H2,1-3H3. The predicted octanol–water partition coefficient (Wildman–Crippen LogP) is 6.14. The molecule has 0 amide bonds. The van der Waals surface area contributed by atoms with Crippen LogP contribution in [0, 0.1) is 6.92 Å². The summed E-state index contributed by atoms with van der Waals surface area (Å²) in [4.78, 5) is 14.6. The molecule has 0 saturated heterocycles. The number of thioether (sulfide) groups is 1. The molecule has 0 spiro atoms. The number of aromatic nitrogens is 6. The molecule has 0 radical (unpaired) electrons. The molecule has 0 atom stereocenters. The van der Waals surface area contributed by atoms with Crippen LogP contribution in [0.25, 0.3) is 27.6 Å². The number of halogens is 1. The van der Waals surface area contributed by atoms with Crippen LogP contribution in [0.5, 0.6) is 11.5 Å². The number of rotatable bonds is 8. The molecule has 0 aliphatic carbocycles. The third-order valence-corrected chi connectivity index (χ3v) is 7.73. The molecule has 0 fully saturated rings. The highest BCUT2D eigenvalue weighted by Gasteiger charge is 2.18. The van der Waals surface area contributed by atoms with Crippen molar-refractivity contribution in [3.05, 3.63) is 82.9 Å². The van der Waals surface area contributed by atoms with Crippen molar-refractivity contribution in [2.45, 2.75) is 30.8 Å². The maximum Gasteiger partial charge on any atom is 0.191 e. The first-order chi connectivity index (χ1) is 18.5. The topological polar surface area (TPSA) is 79.4 Å². The number of aryl methyl sites for hydroxylation is 3. The average Bonchev–Trinajstić information content (AvgIpc) is 3.51. The quantitative estimate of drug-likeness (QED) is 0.168. The van der Waals surface area contributed by atoms with Gasteiger partial charge in [0, 0.05) is 35.2 Å². The van der Waals surface area contributed by atoms with Crippen LogP contribution in [0.15, 0.2) is 65.8 Å². The summed E-state index contributed by atoms with van der Waals surface area (Å²) < 4.78 is 15.1. The van der Waals surface area contributed by atoms with Gasteiger partial charge in [-0.1, -0.05) is 47.6 Å². The zero-order valence-corrected chi connectivity index (χ0v) is 22.8. The number of imidazole rings is 1. The third kappa shape index (κ3) is 4.52. The van der Waals surface area contributed by atoms with Crippen molar-refractivity contribution in [2.75, 3.05) is 14.2 Å². The molecule has 3 heterocycles. The minimum Gasteiger partial charge on any atom is -0.493 e. The highest BCUT2D eigenvalue weighted by molar-refractivity contribution is 7.98. The van der Waals surface area contributed by atoms with Gasteiger partial charge in [-0.3, -0.25) is 0 Å². The lowest BCUT2D eigenvalue weighted by Crippen LogP contribution is -2.05. The molecule has 0 aliphatic rings. The Kier molecular flexibility index (Phi) is 6.55. The Hall–Kier alpha value is -3.82. The number of fused-ring (bicyclic) bond motifs is 4. The summed E-state index contributed by atoms with van der Waals surface area (Å²) in [6, 6.07) is 19.8. The van der Waals surface area contributed by atoms with Gasteiger partial charge in [-0.25, -0.2) is 15.0 Å². The van der Waals surface area contributed by atoms with E-state index in [2.05, 4.69) is 15.6 Å². The molecule has 38 heavy (non-hydrogen) atoms. The number of benzene rings is 3. The molecule has 0 saturated carbocycles. The van der Waals surface area contributed by atoms with E-state index in [4.69, 9.17) is 36.1 Å². The molecular formula is C28H25ClN6O2S. The fourth-order valence-corrected chi connectivity index (χ4v) is 5.60. The summed E-state index contributed by atoms with van der Waals surface area (Å²) in [5.74, 6) is 3.66. The summed E-state index contributed by atoms with van der Waals surface area (Å²) in [5, 5.41) is 7.20. The third-order valence-electron chi connectivity index (χ3n) is 6.48. The second-order valence-corrected chi connectivity index (χ2v) is 10.2. The number of ether oxygens (including phenoxy) is 2. The van der Waals surface area contributed by atoms with Gasteiger partial charge in [0.1, 0.15) is 5.82 Å². The first kappa shape index (κ1) is 24.5. The van der Waals surface area contributed by atoms with E-state index in [0.29, 0.717) is 28.7 Å². The van der Waals surface area contributed by atoms with Gasteiger partial charge < -0.3 is 14.0 Å². The first-order valence-electron chi connectivity index (χ1n) is 12.1. The smallest absolute Gasteiger partial charge is 0.191 e. The van der Waals surface area contributed by atoms with Gasteiger partial charge in [-0.2, -0.15) is 4.52 Å². The van der Waals surface area contributed by atoms with Gasteiger partial charge in [-0.15, -0.1) is 5.10 Å². The van der Waals surface area contributed by atoms with Crippen molar-refractivity contribution >= 4 is 50.9 Å². The van der Waals surface area contributed by atoms with Gasteiger partial charge in [0.05, 0.1) is 30.8 Å². The normalized spacial score (nSPS) is 11.6. The molecule has 3 aromatic carbocycles. The second-order valence-electron chi connectivity index (χ2n) is 8.85. The summed E-state index contributed by atoms with van der Waals surface area (Å²) >= 11 is 7.67. The summed E-state index contributed by atoms with van der Waals surface area (Å²) in [5.41, 5.74) is 4.74. The molecule has 0 N–H and O–H groups in total. The highest BCUT2D eigenvalue weighted by atomic mass is 35.5. The zero-order chi connectivity index (χ0) is 26.2. The number of para-hydroxylation sites is 2. The molecule has 3 aromatic heterocycles. The summed E-state index contributed by atoms with van der Waals surface area (Å²) in [6.07, 6.45) is 0.652. The van der Waals surface area contributed by atoms with Crippen LogP contribution < -0.4 is 9.47 Å². The molecule has 0 bridgehead atoms. The van der Waals surface area contributed by atoms with Crippen molar-refractivity contribution in [3.63, 3.8) is 0 Å². The monoisotopic (exact) mass is 544 g/mol. The molecule has 6 aromatic rings. The van der Waals surface area contributed by atoms with Gasteiger partial charge >= 0.3 is 0 Å². The molecule has 0 unspecified atom stereocenters. The molecule has 6 rings (SSSR count). The lowest BCUT2D eigenvalue weighted by molar-refractivity contribution is 0.355. The number of methoxy groups -OCH3 is 2. The van der Waals surface area contributed by atoms with E-state index in [9.17, 15) is 0 Å². The van der Waals surface area contributed by atoms with E-state index in [1.807, 2.05) is 66.0 Å². The van der Waals surface area contributed by atoms with E-state index in [1.165, 1.54) is 0 Å². The molecule has 8 nitrogen and oxygen atoms in total. The van der Waals surface area contributed by atoms with Gasteiger partial charge in [0.25, 0.3) is 0 Å². The van der Waals surface area contributed by atoms with E-state index in [0.717, 1.165) is 56.5 Å². The molecule has 10 heteroatoms. The Bertz CT molecular complexity index is 1780. The minimum absolute atomic E-state index is 0.618. The van der Waals surface area contributed by atoms with Crippen molar-refractivity contribution in [3.8, 4) is 11.5 Å². The van der Waals surface area contributed by atoms with E-state index in [-0.39, 0.29) is 0 Å². The Morgan fingerprint density at radius 1 is 0.895 bits per heavy atom. The van der Waals surface area contributed by atoms with E-state index >= 15 is 0 Å². The Morgan fingerprint density at radius 2 is 1.66 bits per heavy atom. The fraction of sp³-hybridized carbons (Fsp3) is 0.214. The zero-order valence-electron chi connectivity index (χ0n) is 21.2. The lowest BCUT2D eigenvalue weighted by atomic mass is 10.2. The van der Waals surface area contributed by atoms with Gasteiger partial charge in [-0.05, 0) is 42.8 Å². The van der Waals surface area contributed by atoms with E-state index in [1.54, 1.807) is 26.0 Å². The largest absolute Gasteiger partial charge is 0.493 e. The SMILES string of the molecule is COc1cc2nc(SCc3ccc(Cl)cc3)n3nc(CCn4c(C)nc5ccccc54)nc3c2cc1OC. The van der Waals surface area contributed by atoms with E-state index < -0.39 is 0 Å². The molecule has 0 aliphatic heterocycles. The first-order valence-corrected chi connectivity index (χ1v) is 13.5. The predicted molar refractivity (Wildman–Crippen MR) is 151 cm³/mol. The average molecular weight is 545 g/mol. The molecular weight excluding hydrogens is 520 g/mol. The van der Waals surface area contributed by atoms with Crippen molar-refractivity contribution in [1.29, 1.82) is 0 Å². The summed E-state index contributed by atoms with van der Waals surface area (Å²) in [6.45, 7) is 2.75. The van der Waals surface area contributed by atoms with Crippen LogP contribution in [0.4, 0.5) is 0 Å². The van der Waals surface area contributed by atoms with Crippen LogP contribution >= 0.6 is 23.4 Å². The maximum absolute atomic E-state index is 6.07. The Morgan fingerprint density at radius 3 is 2.45 bits per heavy atom. The van der Waals surface area contributed by atoms with Crippen LogP contribution in [-0.2, 0) is 18.7 Å². The number of hydrogen-bond acceptors (Lipinski definition) is 7. The van der Waals surface area contributed by atoms with Crippen LogP contribution in [0.3, 0.4) is 0 Å². The van der Waals surface area contributed by atoms with Crippen LogP contribution in [0.2, 0.25) is 5.02 Å². The van der Waals surface area contributed by atoms with Gasteiger partial charge in [0.15, 0.2) is 28.1 Å². The molecule has 192 valence electrons. The van der Waals surface area contributed by atoms with Crippen molar-refractivity contribution < 1.29 is 9.47 Å². The number of hydrogen-bond donors (Lipinski definition) is 0. The fourth-order valence-electron chi connectivity index (χ4n) is 4.57. The number of nitrogens with zero attached hydrogens (tertiary/aromatic N) is 6. The van der Waals surface area contributed by atoms with Crippen LogP contribution in [0.1, 0.15) is 17.2 Å². The summed E-state index contributed by atoms with van der Waals surface area (Å²) in [7, 11) is 3.24. The second kappa shape index (κ2) is 10.2. The Labute approximate surface area is 228 Å². The minimum atomic E-state index is 0.618. The van der Waals surface area contributed by atoms with Gasteiger partial charge in [0.2, 0.25) is 0 Å².